The van der Waals surface area contributed by atoms with Crippen molar-refractivity contribution in [2.45, 2.75) is 0 Å². The van der Waals surface area contributed by atoms with Crippen LogP contribution in [0.3, 0.4) is 0 Å². The molecule has 13 nitrogen and oxygen atoms in total. The highest BCUT2D eigenvalue weighted by Gasteiger charge is 2.23. The van der Waals surface area contributed by atoms with Crippen LogP contribution < -0.4 is 28.4 Å². The number of carbonyl (C=O) groups excluding carboxylic acids is 6. The van der Waals surface area contributed by atoms with Crippen LogP contribution in [0.2, 0.25) is 0 Å². The summed E-state index contributed by atoms with van der Waals surface area (Å²) in [6, 6.07) is 42.7. The number of hydrogen-bond acceptors (Lipinski definition) is 13. The Balaban J connectivity index is 1.14. The van der Waals surface area contributed by atoms with E-state index in [9.17, 15) is 33.9 Å². The molecule has 0 fully saturated rings. The van der Waals surface area contributed by atoms with Gasteiger partial charge in [0.1, 0.15) is 40.2 Å². The van der Waals surface area contributed by atoms with Crippen molar-refractivity contribution < 1.29 is 62.3 Å². The molecule has 61 heavy (non-hydrogen) atoms. The van der Waals surface area contributed by atoms with Crippen LogP contribution in [-0.4, -0.2) is 40.9 Å². The fourth-order valence-electron chi connectivity index (χ4n) is 5.58. The van der Waals surface area contributed by atoms with E-state index < -0.39 is 41.6 Å². The zero-order chi connectivity index (χ0) is 42.7. The summed E-state index contributed by atoms with van der Waals surface area (Å²) in [5, 5.41) is 10.6. The van der Waals surface area contributed by atoms with E-state index in [1.807, 2.05) is 0 Å². The van der Waals surface area contributed by atoms with Gasteiger partial charge in [0, 0.05) is 0 Å². The van der Waals surface area contributed by atoms with E-state index in [4.69, 9.17) is 28.4 Å². The molecule has 0 amide bonds. The minimum Gasteiger partial charge on any atom is -0.508 e. The third-order valence-corrected chi connectivity index (χ3v) is 8.38. The van der Waals surface area contributed by atoms with Gasteiger partial charge in [-0.05, 0) is 103 Å². The summed E-state index contributed by atoms with van der Waals surface area (Å²) in [5.41, 5.74) is -1.37. The van der Waals surface area contributed by atoms with E-state index in [-0.39, 0.29) is 67.9 Å². The van der Waals surface area contributed by atoms with Gasteiger partial charge in [0.05, 0.1) is 33.4 Å². The maximum Gasteiger partial charge on any atom is 0.343 e. The van der Waals surface area contributed by atoms with Crippen LogP contribution in [0.5, 0.6) is 40.2 Å². The number of benzene rings is 7. The molecule has 0 bridgehead atoms. The zero-order valence-corrected chi connectivity index (χ0v) is 31.6. The standard InChI is InChI=1S/C48H30O13/c49-36-24-30(43(50)60-41-26-32(45(52)56-37-13-5-1-6-14-37)22-33(27-41)46(53)57-38-15-7-2-8-16-38)21-31(25-36)44(51)61-42-28-34(47(54)58-39-17-9-3-10-18-39)23-35(29-42)48(55)59-40-19-11-4-12-20-40/h1-29,49H. The molecule has 0 saturated heterocycles. The summed E-state index contributed by atoms with van der Waals surface area (Å²) >= 11 is 0. The molecule has 0 heterocycles. The molecule has 0 spiro atoms. The van der Waals surface area contributed by atoms with Gasteiger partial charge in [-0.3, -0.25) is 0 Å². The molecule has 1 N–H and O–H groups in total. The largest absolute Gasteiger partial charge is 0.508 e. The number of carbonyl (C=O) groups is 6. The number of esters is 6. The van der Waals surface area contributed by atoms with E-state index >= 15 is 0 Å². The highest BCUT2D eigenvalue weighted by Crippen LogP contribution is 2.27. The normalized spacial score (nSPS) is 10.4. The average molecular weight is 815 g/mol. The Morgan fingerprint density at radius 3 is 0.689 bits per heavy atom. The lowest BCUT2D eigenvalue weighted by Gasteiger charge is -2.12. The Hall–Kier alpha value is -8.84. The van der Waals surface area contributed by atoms with E-state index in [2.05, 4.69) is 0 Å². The van der Waals surface area contributed by atoms with Gasteiger partial charge in [0.2, 0.25) is 0 Å². The molecule has 0 aromatic heterocycles. The monoisotopic (exact) mass is 814 g/mol. The number of ether oxygens (including phenoxy) is 6. The Labute approximate surface area is 346 Å². The molecule has 7 rings (SSSR count). The van der Waals surface area contributed by atoms with Crippen LogP contribution in [0.1, 0.15) is 62.1 Å². The quantitative estimate of drug-likeness (QED) is 0.0916. The van der Waals surface area contributed by atoms with Gasteiger partial charge < -0.3 is 33.5 Å². The van der Waals surface area contributed by atoms with Crippen molar-refractivity contribution in [2.24, 2.45) is 0 Å². The van der Waals surface area contributed by atoms with Gasteiger partial charge in [-0.25, -0.2) is 28.8 Å². The molecular weight excluding hydrogens is 785 g/mol. The molecule has 0 aliphatic heterocycles. The molecule has 13 heteroatoms. The minimum atomic E-state index is -1.11. The molecule has 7 aromatic carbocycles. The van der Waals surface area contributed by atoms with Crippen molar-refractivity contribution >= 4 is 35.8 Å². The molecule has 0 aliphatic carbocycles. The van der Waals surface area contributed by atoms with E-state index in [0.29, 0.717) is 0 Å². The number of rotatable bonds is 12. The maximum atomic E-state index is 13.6. The van der Waals surface area contributed by atoms with Gasteiger partial charge in [-0.1, -0.05) is 72.8 Å². The fraction of sp³-hybridized carbons (Fsp3) is 0. The fourth-order valence-corrected chi connectivity index (χ4v) is 5.58. The molecule has 300 valence electrons. The van der Waals surface area contributed by atoms with Gasteiger partial charge in [-0.2, -0.15) is 0 Å². The van der Waals surface area contributed by atoms with Crippen LogP contribution >= 0.6 is 0 Å². The molecule has 0 unspecified atom stereocenters. The van der Waals surface area contributed by atoms with Crippen LogP contribution in [0.4, 0.5) is 0 Å². The second kappa shape index (κ2) is 18.6. The molecule has 0 saturated carbocycles. The summed E-state index contributed by atoms with van der Waals surface area (Å²) in [7, 11) is 0. The first-order valence-electron chi connectivity index (χ1n) is 18.2. The first-order valence-corrected chi connectivity index (χ1v) is 18.2. The van der Waals surface area contributed by atoms with E-state index in [0.717, 1.165) is 42.5 Å². The third-order valence-electron chi connectivity index (χ3n) is 8.38. The average Bonchev–Trinajstić information content (AvgIpc) is 3.27. The Morgan fingerprint density at radius 2 is 0.459 bits per heavy atom. The molecule has 0 aliphatic rings. The number of aromatic hydroxyl groups is 1. The summed E-state index contributed by atoms with van der Waals surface area (Å²) in [5.74, 6) is -6.01. The van der Waals surface area contributed by atoms with Crippen LogP contribution in [-0.2, 0) is 0 Å². The molecular formula is C48H30O13. The SMILES string of the molecule is O=C(Oc1cc(C(=O)Oc2ccccc2)cc(C(=O)Oc2ccccc2)c1)c1cc(O)cc(C(=O)Oc2cc(C(=O)Oc3ccccc3)cc(C(=O)Oc3ccccc3)c2)c1. The van der Waals surface area contributed by atoms with E-state index in [1.54, 1.807) is 121 Å². The zero-order valence-electron chi connectivity index (χ0n) is 31.6. The van der Waals surface area contributed by atoms with Gasteiger partial charge in [0.15, 0.2) is 0 Å². The van der Waals surface area contributed by atoms with Crippen molar-refractivity contribution in [2.75, 3.05) is 0 Å². The van der Waals surface area contributed by atoms with Gasteiger partial charge in [0.25, 0.3) is 0 Å². The smallest absolute Gasteiger partial charge is 0.343 e. The lowest BCUT2D eigenvalue weighted by Crippen LogP contribution is -2.16. The molecule has 0 atom stereocenters. The summed E-state index contributed by atoms with van der Waals surface area (Å²) in [4.78, 5) is 79.9. The van der Waals surface area contributed by atoms with Crippen molar-refractivity contribution in [1.82, 2.24) is 0 Å². The van der Waals surface area contributed by atoms with Crippen molar-refractivity contribution in [1.29, 1.82) is 0 Å². The Kier molecular flexibility index (Phi) is 12.3. The Bertz CT molecular complexity index is 2420. The second-order valence-electron chi connectivity index (χ2n) is 12.9. The minimum absolute atomic E-state index is 0.170. The number of para-hydroxylation sites is 4. The maximum absolute atomic E-state index is 13.6. The van der Waals surface area contributed by atoms with Gasteiger partial charge in [-0.15, -0.1) is 0 Å². The molecule has 0 radical (unpaired) electrons. The summed E-state index contributed by atoms with van der Waals surface area (Å²) in [6.07, 6.45) is 0. The number of phenolic OH excluding ortho intramolecular Hbond substituents is 1. The lowest BCUT2D eigenvalue weighted by molar-refractivity contribution is 0.0701. The summed E-state index contributed by atoms with van der Waals surface area (Å²) in [6.45, 7) is 0. The highest BCUT2D eigenvalue weighted by molar-refractivity contribution is 6.01. The topological polar surface area (TPSA) is 178 Å². The first-order chi connectivity index (χ1) is 29.6. The van der Waals surface area contributed by atoms with Crippen LogP contribution in [0.15, 0.2) is 176 Å². The summed E-state index contributed by atoms with van der Waals surface area (Å²) < 4.78 is 32.8. The van der Waals surface area contributed by atoms with Crippen LogP contribution in [0.25, 0.3) is 0 Å². The highest BCUT2D eigenvalue weighted by atomic mass is 16.6. The first kappa shape index (κ1) is 40.4. The lowest BCUT2D eigenvalue weighted by atomic mass is 10.1. The molecule has 7 aromatic rings. The van der Waals surface area contributed by atoms with Crippen LogP contribution in [0, 0.1) is 0 Å². The van der Waals surface area contributed by atoms with Crippen molar-refractivity contribution in [3.8, 4) is 40.2 Å². The van der Waals surface area contributed by atoms with Gasteiger partial charge >= 0.3 is 35.8 Å². The predicted molar refractivity (Wildman–Crippen MR) is 217 cm³/mol. The van der Waals surface area contributed by atoms with Crippen molar-refractivity contribution in [3.63, 3.8) is 0 Å². The predicted octanol–water partition coefficient (Wildman–Crippen LogP) is 8.71. The number of hydrogen-bond donors (Lipinski definition) is 1. The van der Waals surface area contributed by atoms with Crippen molar-refractivity contribution in [3.05, 3.63) is 209 Å². The Morgan fingerprint density at radius 1 is 0.262 bits per heavy atom. The second-order valence-corrected chi connectivity index (χ2v) is 12.9. The number of phenols is 1. The third kappa shape index (κ3) is 10.8. The van der Waals surface area contributed by atoms with E-state index in [1.165, 1.54) is 12.1 Å².